The molecule has 0 spiro atoms. The molecule has 0 aliphatic carbocycles. The molecule has 0 atom stereocenters. The van der Waals surface area contributed by atoms with Gasteiger partial charge in [-0.05, 0) is 67.8 Å². The van der Waals surface area contributed by atoms with Gasteiger partial charge in [-0.15, -0.1) is 0 Å². The van der Waals surface area contributed by atoms with Gasteiger partial charge in [0.15, 0.2) is 0 Å². The molecule has 3 heteroatoms. The predicted octanol–water partition coefficient (Wildman–Crippen LogP) is 4.05. The molecule has 2 nitrogen and oxygen atoms in total. The van der Waals surface area contributed by atoms with Crippen LogP contribution in [0.25, 0.3) is 0 Å². The van der Waals surface area contributed by atoms with Gasteiger partial charge < -0.3 is 10.1 Å². The van der Waals surface area contributed by atoms with Gasteiger partial charge >= 0.3 is 0 Å². The van der Waals surface area contributed by atoms with Crippen molar-refractivity contribution >= 4 is 0 Å². The molecule has 0 saturated heterocycles. The Bertz CT molecular complexity index is 614. The zero-order valence-corrected chi connectivity index (χ0v) is 13.1. The first kappa shape index (κ1) is 15.5. The Balaban J connectivity index is 2.16. The maximum absolute atomic E-state index is 13.1. The Morgan fingerprint density at radius 2 is 1.67 bits per heavy atom. The van der Waals surface area contributed by atoms with Gasteiger partial charge in [-0.1, -0.05) is 18.2 Å². The molecule has 0 aliphatic rings. The van der Waals surface area contributed by atoms with Gasteiger partial charge in [0, 0.05) is 6.54 Å². The highest BCUT2D eigenvalue weighted by Crippen LogP contribution is 2.26. The molecule has 21 heavy (non-hydrogen) atoms. The van der Waals surface area contributed by atoms with E-state index in [1.807, 2.05) is 14.0 Å². The fourth-order valence-electron chi connectivity index (χ4n) is 2.54. The molecule has 0 amide bonds. The number of benzene rings is 2. The number of rotatable bonds is 5. The molecule has 0 aromatic heterocycles. The van der Waals surface area contributed by atoms with Crippen LogP contribution < -0.4 is 10.1 Å². The molecule has 2 aromatic carbocycles. The summed E-state index contributed by atoms with van der Waals surface area (Å²) >= 11 is 0. The highest BCUT2D eigenvalue weighted by atomic mass is 19.1. The lowest BCUT2D eigenvalue weighted by molar-refractivity contribution is 0.301. The first-order chi connectivity index (χ1) is 10.0. The van der Waals surface area contributed by atoms with Crippen LogP contribution in [0, 0.1) is 26.6 Å². The minimum Gasteiger partial charge on any atom is -0.488 e. The van der Waals surface area contributed by atoms with E-state index >= 15 is 0 Å². The Kier molecular flexibility index (Phi) is 4.97. The Morgan fingerprint density at radius 1 is 1.00 bits per heavy atom. The van der Waals surface area contributed by atoms with E-state index in [1.165, 1.54) is 17.7 Å². The molecule has 0 unspecified atom stereocenters. The van der Waals surface area contributed by atoms with E-state index in [-0.39, 0.29) is 5.82 Å². The third-order valence-electron chi connectivity index (χ3n) is 3.58. The summed E-state index contributed by atoms with van der Waals surface area (Å²) in [6.45, 7) is 7.31. The molecule has 0 saturated carbocycles. The van der Waals surface area contributed by atoms with Crippen LogP contribution in [0.5, 0.6) is 5.75 Å². The average Bonchev–Trinajstić information content (AvgIpc) is 2.40. The summed E-state index contributed by atoms with van der Waals surface area (Å²) in [5.74, 6) is 0.707. The minimum absolute atomic E-state index is 0.208. The summed E-state index contributed by atoms with van der Waals surface area (Å²) in [4.78, 5) is 0. The average molecular weight is 287 g/mol. The Labute approximate surface area is 126 Å². The molecule has 2 aromatic rings. The summed E-state index contributed by atoms with van der Waals surface area (Å²) in [6, 6.07) is 9.06. The van der Waals surface area contributed by atoms with Crippen LogP contribution in [0.15, 0.2) is 30.3 Å². The predicted molar refractivity (Wildman–Crippen MR) is 84.1 cm³/mol. The van der Waals surface area contributed by atoms with Gasteiger partial charge in [0.05, 0.1) is 0 Å². The summed E-state index contributed by atoms with van der Waals surface area (Å²) in [5, 5.41) is 3.15. The molecule has 0 radical (unpaired) electrons. The van der Waals surface area contributed by atoms with Gasteiger partial charge in [-0.3, -0.25) is 0 Å². The summed E-state index contributed by atoms with van der Waals surface area (Å²) in [5.41, 5.74) is 5.42. The van der Waals surface area contributed by atoms with Crippen molar-refractivity contribution in [2.45, 2.75) is 33.9 Å². The lowest BCUT2D eigenvalue weighted by Crippen LogP contribution is -2.07. The first-order valence-corrected chi connectivity index (χ1v) is 7.14. The number of hydrogen-bond donors (Lipinski definition) is 1. The van der Waals surface area contributed by atoms with E-state index < -0.39 is 0 Å². The first-order valence-electron chi connectivity index (χ1n) is 7.14. The zero-order valence-electron chi connectivity index (χ0n) is 13.1. The quantitative estimate of drug-likeness (QED) is 0.895. The zero-order chi connectivity index (χ0) is 15.4. The smallest absolute Gasteiger partial charge is 0.125 e. The summed E-state index contributed by atoms with van der Waals surface area (Å²) < 4.78 is 19.1. The second-order valence-electron chi connectivity index (χ2n) is 5.45. The van der Waals surface area contributed by atoms with Crippen molar-refractivity contribution < 1.29 is 9.13 Å². The van der Waals surface area contributed by atoms with Crippen molar-refractivity contribution in [2.75, 3.05) is 7.05 Å². The van der Waals surface area contributed by atoms with Crippen molar-refractivity contribution in [1.29, 1.82) is 0 Å². The number of ether oxygens (including phenoxy) is 1. The van der Waals surface area contributed by atoms with Crippen molar-refractivity contribution in [1.82, 2.24) is 5.32 Å². The largest absolute Gasteiger partial charge is 0.488 e. The van der Waals surface area contributed by atoms with Crippen molar-refractivity contribution in [3.8, 4) is 5.75 Å². The Morgan fingerprint density at radius 3 is 2.24 bits per heavy atom. The number of aryl methyl sites for hydroxylation is 3. The van der Waals surface area contributed by atoms with Crippen LogP contribution in [0.2, 0.25) is 0 Å². The molecule has 0 bridgehead atoms. The van der Waals surface area contributed by atoms with Crippen molar-refractivity contribution in [3.63, 3.8) is 0 Å². The third kappa shape index (κ3) is 3.82. The van der Waals surface area contributed by atoms with E-state index in [4.69, 9.17) is 4.74 Å². The van der Waals surface area contributed by atoms with Gasteiger partial charge in [0.1, 0.15) is 18.2 Å². The topological polar surface area (TPSA) is 21.3 Å². The number of hydrogen-bond acceptors (Lipinski definition) is 2. The van der Waals surface area contributed by atoms with Crippen LogP contribution >= 0.6 is 0 Å². The normalized spacial score (nSPS) is 10.7. The molecule has 112 valence electrons. The number of nitrogens with one attached hydrogen (secondary N) is 1. The molecule has 0 aliphatic heterocycles. The highest BCUT2D eigenvalue weighted by molar-refractivity contribution is 5.43. The lowest BCUT2D eigenvalue weighted by Gasteiger charge is -2.15. The molecular weight excluding hydrogens is 265 g/mol. The molecule has 1 N–H and O–H groups in total. The van der Waals surface area contributed by atoms with E-state index in [1.54, 1.807) is 6.07 Å². The molecule has 2 rings (SSSR count). The third-order valence-corrected chi connectivity index (χ3v) is 3.58. The fraction of sp³-hybridized carbons (Fsp3) is 0.333. The van der Waals surface area contributed by atoms with E-state index in [2.05, 4.69) is 31.3 Å². The van der Waals surface area contributed by atoms with Gasteiger partial charge in [0.2, 0.25) is 0 Å². The fourth-order valence-corrected chi connectivity index (χ4v) is 2.54. The maximum atomic E-state index is 13.1. The van der Waals surface area contributed by atoms with Crippen LogP contribution in [0.4, 0.5) is 4.39 Å². The maximum Gasteiger partial charge on any atom is 0.125 e. The monoisotopic (exact) mass is 287 g/mol. The van der Waals surface area contributed by atoms with Crippen LogP contribution in [-0.4, -0.2) is 7.05 Å². The lowest BCUT2D eigenvalue weighted by atomic mass is 10.1. The highest BCUT2D eigenvalue weighted by Gasteiger charge is 2.08. The second kappa shape index (κ2) is 6.72. The van der Waals surface area contributed by atoms with E-state index in [9.17, 15) is 4.39 Å². The molecule has 0 heterocycles. The van der Waals surface area contributed by atoms with Gasteiger partial charge in [-0.2, -0.15) is 0 Å². The van der Waals surface area contributed by atoms with Crippen molar-refractivity contribution in [2.24, 2.45) is 0 Å². The van der Waals surface area contributed by atoms with E-state index in [0.29, 0.717) is 6.61 Å². The van der Waals surface area contributed by atoms with Gasteiger partial charge in [0.25, 0.3) is 0 Å². The molecule has 0 fully saturated rings. The van der Waals surface area contributed by atoms with Crippen LogP contribution in [-0.2, 0) is 13.2 Å². The van der Waals surface area contributed by atoms with Crippen molar-refractivity contribution in [3.05, 3.63) is 64.0 Å². The number of halogens is 1. The summed E-state index contributed by atoms with van der Waals surface area (Å²) in [7, 11) is 1.94. The Hall–Kier alpha value is -1.87. The van der Waals surface area contributed by atoms with E-state index in [0.717, 1.165) is 34.5 Å². The minimum atomic E-state index is -0.208. The van der Waals surface area contributed by atoms with Gasteiger partial charge in [-0.25, -0.2) is 4.39 Å². The van der Waals surface area contributed by atoms with Crippen LogP contribution in [0.3, 0.4) is 0 Å². The van der Waals surface area contributed by atoms with Crippen LogP contribution in [0.1, 0.15) is 27.8 Å². The molecular formula is C18H22FNO. The standard InChI is InChI=1S/C18H22FNO/c1-12-9-17(19)6-5-16(12)11-21-18-13(2)7-15(10-20-4)8-14(18)3/h5-9,20H,10-11H2,1-4H3. The summed E-state index contributed by atoms with van der Waals surface area (Å²) in [6.07, 6.45) is 0. The SMILES string of the molecule is CNCc1cc(C)c(OCc2ccc(F)cc2C)c(C)c1. The second-order valence-corrected chi connectivity index (χ2v) is 5.45.